The van der Waals surface area contributed by atoms with Gasteiger partial charge in [-0.1, -0.05) is 5.16 Å². The number of aliphatic imine (C=N–C) groups is 1. The van der Waals surface area contributed by atoms with Crippen molar-refractivity contribution in [2.24, 2.45) is 4.99 Å². The van der Waals surface area contributed by atoms with E-state index in [-0.39, 0.29) is 12.3 Å². The Kier molecular flexibility index (Phi) is 2.15. The first-order valence-electron chi connectivity index (χ1n) is 3.14. The van der Waals surface area contributed by atoms with Crippen molar-refractivity contribution in [3.63, 3.8) is 0 Å². The van der Waals surface area contributed by atoms with Crippen LogP contribution in [0.4, 0.5) is 0 Å². The number of hydrogen-bond acceptors (Lipinski definition) is 3. The van der Waals surface area contributed by atoms with Crippen LogP contribution in [0.5, 0.6) is 0 Å². The van der Waals surface area contributed by atoms with Gasteiger partial charge in [0.2, 0.25) is 0 Å². The summed E-state index contributed by atoms with van der Waals surface area (Å²) in [6.45, 7) is 4.89. The standard InChI is InChI=1S/C7H8N2O2/c1-5-3-6(11-9-5)4-7(10)8-2/h3H,2,4H2,1H3. The predicted molar refractivity (Wildman–Crippen MR) is 39.5 cm³/mol. The average molecular weight is 152 g/mol. The molecule has 0 radical (unpaired) electrons. The van der Waals surface area contributed by atoms with Crippen molar-refractivity contribution in [1.82, 2.24) is 5.16 Å². The molecule has 0 aliphatic rings. The van der Waals surface area contributed by atoms with Gasteiger partial charge in [0.1, 0.15) is 5.76 Å². The summed E-state index contributed by atoms with van der Waals surface area (Å²) in [6.07, 6.45) is 0.143. The molecule has 1 heterocycles. The third kappa shape index (κ3) is 2.00. The van der Waals surface area contributed by atoms with Crippen LogP contribution in [0.2, 0.25) is 0 Å². The van der Waals surface area contributed by atoms with Crippen LogP contribution in [0.3, 0.4) is 0 Å². The lowest BCUT2D eigenvalue weighted by Crippen LogP contribution is -1.95. The van der Waals surface area contributed by atoms with E-state index in [1.807, 2.05) is 0 Å². The Balaban J connectivity index is 2.64. The number of hydrogen-bond donors (Lipinski definition) is 0. The van der Waals surface area contributed by atoms with Crippen LogP contribution in [0.15, 0.2) is 15.6 Å². The number of carbonyl (C=O) groups excluding carboxylic acids is 1. The molecule has 1 rings (SSSR count). The molecule has 0 aliphatic carbocycles. The van der Waals surface area contributed by atoms with Gasteiger partial charge in [-0.2, -0.15) is 0 Å². The lowest BCUT2D eigenvalue weighted by atomic mass is 10.3. The SMILES string of the molecule is C=NC(=O)Cc1cc(C)no1. The molecule has 0 aromatic carbocycles. The van der Waals surface area contributed by atoms with Crippen molar-refractivity contribution in [1.29, 1.82) is 0 Å². The monoisotopic (exact) mass is 152 g/mol. The first-order valence-corrected chi connectivity index (χ1v) is 3.14. The van der Waals surface area contributed by atoms with E-state index in [4.69, 9.17) is 4.52 Å². The molecule has 0 saturated heterocycles. The second-order valence-electron chi connectivity index (χ2n) is 2.16. The van der Waals surface area contributed by atoms with Gasteiger partial charge in [0.15, 0.2) is 0 Å². The number of rotatable bonds is 2. The molecule has 1 aromatic heterocycles. The van der Waals surface area contributed by atoms with Gasteiger partial charge in [-0.15, -0.1) is 0 Å². The molecular weight excluding hydrogens is 144 g/mol. The fourth-order valence-corrected chi connectivity index (χ4v) is 0.705. The molecule has 0 aliphatic heterocycles. The van der Waals surface area contributed by atoms with Crippen LogP contribution in [0.25, 0.3) is 0 Å². The summed E-state index contributed by atoms with van der Waals surface area (Å²) >= 11 is 0. The van der Waals surface area contributed by atoms with E-state index >= 15 is 0 Å². The molecule has 4 nitrogen and oxygen atoms in total. The topological polar surface area (TPSA) is 55.5 Å². The van der Waals surface area contributed by atoms with Gasteiger partial charge in [0, 0.05) is 6.07 Å². The van der Waals surface area contributed by atoms with E-state index in [9.17, 15) is 4.79 Å². The summed E-state index contributed by atoms with van der Waals surface area (Å²) in [5, 5.41) is 3.61. The third-order valence-electron chi connectivity index (χ3n) is 1.18. The molecule has 0 fully saturated rings. The highest BCUT2D eigenvalue weighted by atomic mass is 16.5. The molecule has 0 spiro atoms. The van der Waals surface area contributed by atoms with Gasteiger partial charge in [-0.3, -0.25) is 4.79 Å². The normalized spacial score (nSPS) is 9.55. The first kappa shape index (κ1) is 7.65. The largest absolute Gasteiger partial charge is 0.361 e. The molecule has 0 saturated carbocycles. The molecule has 1 aromatic rings. The minimum Gasteiger partial charge on any atom is -0.361 e. The van der Waals surface area contributed by atoms with Crippen molar-refractivity contribution in [3.05, 3.63) is 17.5 Å². The van der Waals surface area contributed by atoms with Gasteiger partial charge in [-0.05, 0) is 13.6 Å². The maximum Gasteiger partial charge on any atom is 0.252 e. The van der Waals surface area contributed by atoms with E-state index in [1.54, 1.807) is 13.0 Å². The Morgan fingerprint density at radius 2 is 2.64 bits per heavy atom. The first-order chi connectivity index (χ1) is 5.22. The predicted octanol–water partition coefficient (Wildman–Crippen LogP) is 0.753. The fourth-order valence-electron chi connectivity index (χ4n) is 0.705. The van der Waals surface area contributed by atoms with Crippen LogP contribution in [0, 0.1) is 6.92 Å². The van der Waals surface area contributed by atoms with E-state index in [0.717, 1.165) is 5.69 Å². The molecule has 0 N–H and O–H groups in total. The quantitative estimate of drug-likeness (QED) is 0.587. The van der Waals surface area contributed by atoms with Crippen LogP contribution in [-0.4, -0.2) is 17.8 Å². The Labute approximate surface area is 63.9 Å². The van der Waals surface area contributed by atoms with Crippen LogP contribution >= 0.6 is 0 Å². The molecule has 11 heavy (non-hydrogen) atoms. The smallest absolute Gasteiger partial charge is 0.252 e. The van der Waals surface area contributed by atoms with Crippen LogP contribution < -0.4 is 0 Å². The van der Waals surface area contributed by atoms with Crippen molar-refractivity contribution in [3.8, 4) is 0 Å². The average Bonchev–Trinajstić information content (AvgIpc) is 2.35. The molecule has 4 heteroatoms. The van der Waals surface area contributed by atoms with Crippen LogP contribution in [-0.2, 0) is 11.2 Å². The number of nitrogens with zero attached hydrogens (tertiary/aromatic N) is 2. The maximum absolute atomic E-state index is 10.7. The Bertz CT molecular complexity index is 278. The fraction of sp³-hybridized carbons (Fsp3) is 0.286. The van der Waals surface area contributed by atoms with E-state index in [1.165, 1.54) is 0 Å². The van der Waals surface area contributed by atoms with Gasteiger partial charge in [0.05, 0.1) is 12.1 Å². The van der Waals surface area contributed by atoms with E-state index < -0.39 is 0 Å². The van der Waals surface area contributed by atoms with Crippen molar-refractivity contribution >= 4 is 12.6 Å². The number of carbonyl (C=O) groups is 1. The highest BCUT2D eigenvalue weighted by molar-refractivity contribution is 5.82. The van der Waals surface area contributed by atoms with Crippen molar-refractivity contribution in [2.45, 2.75) is 13.3 Å². The van der Waals surface area contributed by atoms with Gasteiger partial charge in [0.25, 0.3) is 5.91 Å². The molecular formula is C7H8N2O2. The number of amides is 1. The Hall–Kier alpha value is -1.45. The second-order valence-corrected chi connectivity index (χ2v) is 2.16. The van der Waals surface area contributed by atoms with Gasteiger partial charge >= 0.3 is 0 Å². The van der Waals surface area contributed by atoms with E-state index in [2.05, 4.69) is 16.9 Å². The third-order valence-corrected chi connectivity index (χ3v) is 1.18. The summed E-state index contributed by atoms with van der Waals surface area (Å²) in [7, 11) is 0. The van der Waals surface area contributed by atoms with E-state index in [0.29, 0.717) is 5.76 Å². The zero-order valence-corrected chi connectivity index (χ0v) is 6.20. The second kappa shape index (κ2) is 3.09. The maximum atomic E-state index is 10.7. The number of aryl methyl sites for hydroxylation is 1. The minimum absolute atomic E-state index is 0.143. The summed E-state index contributed by atoms with van der Waals surface area (Å²) < 4.78 is 4.78. The highest BCUT2D eigenvalue weighted by Crippen LogP contribution is 2.03. The lowest BCUT2D eigenvalue weighted by Gasteiger charge is -1.85. The highest BCUT2D eigenvalue weighted by Gasteiger charge is 2.04. The molecule has 0 atom stereocenters. The van der Waals surface area contributed by atoms with Crippen molar-refractivity contribution in [2.75, 3.05) is 0 Å². The molecule has 0 unspecified atom stereocenters. The molecule has 1 amide bonds. The lowest BCUT2D eigenvalue weighted by molar-refractivity contribution is -0.117. The minimum atomic E-state index is -0.304. The van der Waals surface area contributed by atoms with Crippen molar-refractivity contribution < 1.29 is 9.32 Å². The number of aromatic nitrogens is 1. The summed E-state index contributed by atoms with van der Waals surface area (Å²) in [5.74, 6) is 0.223. The summed E-state index contributed by atoms with van der Waals surface area (Å²) in [5.41, 5.74) is 0.761. The zero-order valence-electron chi connectivity index (χ0n) is 6.20. The Morgan fingerprint density at radius 1 is 1.91 bits per heavy atom. The summed E-state index contributed by atoms with van der Waals surface area (Å²) in [6, 6.07) is 1.70. The van der Waals surface area contributed by atoms with Crippen LogP contribution in [0.1, 0.15) is 11.5 Å². The molecule has 0 bridgehead atoms. The Morgan fingerprint density at radius 3 is 3.09 bits per heavy atom. The summed E-state index contributed by atoms with van der Waals surface area (Å²) in [4.78, 5) is 13.9. The molecule has 58 valence electrons. The van der Waals surface area contributed by atoms with Gasteiger partial charge in [-0.25, -0.2) is 4.99 Å². The zero-order chi connectivity index (χ0) is 8.27. The van der Waals surface area contributed by atoms with Gasteiger partial charge < -0.3 is 4.52 Å².